The molecule has 226 valence electrons. The molecule has 0 spiro atoms. The van der Waals surface area contributed by atoms with Gasteiger partial charge in [0, 0.05) is 38.3 Å². The second kappa shape index (κ2) is 13.8. The molecule has 1 aliphatic heterocycles. The average molecular weight is 589 g/mol. The lowest BCUT2D eigenvalue weighted by molar-refractivity contribution is 0.0567. The van der Waals surface area contributed by atoms with Gasteiger partial charge >= 0.3 is 11.8 Å². The number of rotatable bonds is 10. The first-order valence-electron chi connectivity index (χ1n) is 15.5. The topological polar surface area (TPSA) is 59.7 Å². The Balaban J connectivity index is 1.09. The zero-order chi connectivity index (χ0) is 30.3. The minimum atomic E-state index is -0.284. The van der Waals surface area contributed by atoms with Crippen LogP contribution in [0.1, 0.15) is 42.5 Å². The maximum absolute atomic E-state index is 13.7. The molecule has 0 radical (unpaired) electrons. The molecule has 5 aromatic rings. The quantitative estimate of drug-likeness (QED) is 0.182. The van der Waals surface area contributed by atoms with Crippen molar-refractivity contribution in [2.45, 2.75) is 51.5 Å². The van der Waals surface area contributed by atoms with Crippen molar-refractivity contribution in [2.24, 2.45) is 0 Å². The van der Waals surface area contributed by atoms with Gasteiger partial charge in [-0.2, -0.15) is 0 Å². The molecule has 1 aliphatic rings. The van der Waals surface area contributed by atoms with E-state index in [0.717, 1.165) is 29.7 Å². The Bertz CT molecular complexity index is 1670. The number of carbonyl (C=O) groups is 1. The highest BCUT2D eigenvalue weighted by molar-refractivity contribution is 5.76. The first-order chi connectivity index (χ1) is 21.6. The highest BCUT2D eigenvalue weighted by atomic mass is 16.6. The summed E-state index contributed by atoms with van der Waals surface area (Å²) < 4.78 is 9.68. The van der Waals surface area contributed by atoms with E-state index < -0.39 is 0 Å². The van der Waals surface area contributed by atoms with Crippen molar-refractivity contribution in [3.63, 3.8) is 0 Å². The molecule has 0 aliphatic carbocycles. The van der Waals surface area contributed by atoms with E-state index in [1.807, 2.05) is 75.9 Å². The minimum absolute atomic E-state index is 0.00169. The third-order valence-corrected chi connectivity index (χ3v) is 8.67. The van der Waals surface area contributed by atoms with Crippen LogP contribution >= 0.6 is 0 Å². The van der Waals surface area contributed by atoms with E-state index in [0.29, 0.717) is 39.1 Å². The Morgan fingerprint density at radius 1 is 0.750 bits per heavy atom. The number of para-hydroxylation sites is 2. The van der Waals surface area contributed by atoms with Crippen molar-refractivity contribution in [1.82, 2.24) is 18.9 Å². The maximum Gasteiger partial charge on any atom is 0.409 e. The van der Waals surface area contributed by atoms with Crippen LogP contribution in [0.3, 0.4) is 0 Å². The Morgan fingerprint density at radius 3 is 1.82 bits per heavy atom. The van der Waals surface area contributed by atoms with Crippen molar-refractivity contribution >= 4 is 17.1 Å². The second-order valence-electron chi connectivity index (χ2n) is 11.7. The van der Waals surface area contributed by atoms with Crippen LogP contribution in [0.2, 0.25) is 0 Å². The summed E-state index contributed by atoms with van der Waals surface area (Å²) in [5.41, 5.74) is 5.43. The summed E-state index contributed by atoms with van der Waals surface area (Å²) >= 11 is 0. The predicted molar refractivity (Wildman–Crippen MR) is 175 cm³/mol. The molecule has 7 heteroatoms. The van der Waals surface area contributed by atoms with Crippen LogP contribution in [0.4, 0.5) is 4.79 Å². The lowest BCUT2D eigenvalue weighted by atomic mass is 10.0. The molecule has 2 heterocycles. The van der Waals surface area contributed by atoms with Gasteiger partial charge in [-0.05, 0) is 48.6 Å². The zero-order valence-corrected chi connectivity index (χ0v) is 25.3. The first kappa shape index (κ1) is 29.5. The summed E-state index contributed by atoms with van der Waals surface area (Å²) in [5.74, 6) is 0. The van der Waals surface area contributed by atoms with Gasteiger partial charge in [0.2, 0.25) is 0 Å². The summed E-state index contributed by atoms with van der Waals surface area (Å²) in [5, 5.41) is 0. The number of hydrogen-bond donors (Lipinski definition) is 0. The van der Waals surface area contributed by atoms with Gasteiger partial charge in [-0.3, -0.25) is 14.0 Å². The van der Waals surface area contributed by atoms with Crippen molar-refractivity contribution in [3.8, 4) is 0 Å². The molecule has 1 aromatic heterocycles. The summed E-state index contributed by atoms with van der Waals surface area (Å²) in [7, 11) is 0. The number of nitrogens with zero attached hydrogens (tertiary/aromatic N) is 4. The number of likely N-dealkylation sites (tertiary alicyclic amines) is 1. The van der Waals surface area contributed by atoms with E-state index >= 15 is 0 Å². The molecule has 1 saturated heterocycles. The molecule has 0 saturated carbocycles. The van der Waals surface area contributed by atoms with Gasteiger partial charge in [-0.15, -0.1) is 0 Å². The third-order valence-electron chi connectivity index (χ3n) is 8.67. The number of imidazole rings is 1. The number of fused-ring (bicyclic) bond motifs is 1. The van der Waals surface area contributed by atoms with Gasteiger partial charge in [0.1, 0.15) is 6.61 Å². The first-order valence-corrected chi connectivity index (χ1v) is 15.5. The largest absolute Gasteiger partial charge is 0.448 e. The standard InChI is InChI=1S/C37H40N4O3/c1-29(39(25-30-13-5-2-6-14-30)26-31-15-7-3-8-16-31)28-44-37(43)38-23-21-33(22-24-38)41-35-20-12-11-19-34(35)40(36(41)42)27-32-17-9-4-10-18-32/h2-20,29,33H,21-28H2,1H3/t29-/m0/s1. The highest BCUT2D eigenvalue weighted by Crippen LogP contribution is 2.27. The van der Waals surface area contributed by atoms with Crippen LogP contribution in [0.15, 0.2) is 120 Å². The lowest BCUT2D eigenvalue weighted by Crippen LogP contribution is -2.43. The molecule has 0 bridgehead atoms. The number of carbonyl (C=O) groups excluding carboxylic acids is 1. The Labute approximate surface area is 258 Å². The fourth-order valence-corrected chi connectivity index (χ4v) is 6.20. The predicted octanol–water partition coefficient (Wildman–Crippen LogP) is 6.72. The van der Waals surface area contributed by atoms with Crippen molar-refractivity contribution in [2.75, 3.05) is 19.7 Å². The molecule has 4 aromatic carbocycles. The molecule has 44 heavy (non-hydrogen) atoms. The van der Waals surface area contributed by atoms with Crippen LogP contribution < -0.4 is 5.69 Å². The summed E-state index contributed by atoms with van der Waals surface area (Å²) in [4.78, 5) is 31.0. The van der Waals surface area contributed by atoms with Crippen molar-refractivity contribution in [3.05, 3.63) is 142 Å². The zero-order valence-electron chi connectivity index (χ0n) is 25.3. The normalized spacial score (nSPS) is 14.6. The number of ether oxygens (including phenoxy) is 1. The molecule has 0 N–H and O–H groups in total. The van der Waals surface area contributed by atoms with Crippen LogP contribution in [0, 0.1) is 0 Å². The number of hydrogen-bond acceptors (Lipinski definition) is 4. The third kappa shape index (κ3) is 6.79. The van der Waals surface area contributed by atoms with Gasteiger partial charge in [-0.1, -0.05) is 103 Å². The fourth-order valence-electron chi connectivity index (χ4n) is 6.20. The van der Waals surface area contributed by atoms with Gasteiger partial charge in [0.15, 0.2) is 0 Å². The van der Waals surface area contributed by atoms with Gasteiger partial charge < -0.3 is 9.64 Å². The fraction of sp³-hybridized carbons (Fsp3) is 0.297. The number of piperidine rings is 1. The van der Waals surface area contributed by atoms with Crippen LogP contribution in [-0.2, 0) is 24.4 Å². The summed E-state index contributed by atoms with van der Waals surface area (Å²) in [6.45, 7) is 5.61. The van der Waals surface area contributed by atoms with Crippen LogP contribution in [0.25, 0.3) is 11.0 Å². The van der Waals surface area contributed by atoms with E-state index in [1.165, 1.54) is 11.1 Å². The monoisotopic (exact) mass is 588 g/mol. The second-order valence-corrected chi connectivity index (χ2v) is 11.7. The van der Waals surface area contributed by atoms with E-state index in [2.05, 4.69) is 60.4 Å². The SMILES string of the molecule is C[C@@H](COC(=O)N1CCC(n2c(=O)n(Cc3ccccc3)c3ccccc32)CC1)N(Cc1ccccc1)Cc1ccccc1. The van der Waals surface area contributed by atoms with E-state index in [9.17, 15) is 9.59 Å². The number of aromatic nitrogens is 2. The van der Waals surface area contributed by atoms with Crippen LogP contribution in [-0.4, -0.2) is 50.8 Å². The highest BCUT2D eigenvalue weighted by Gasteiger charge is 2.28. The summed E-state index contributed by atoms with van der Waals surface area (Å²) in [6.07, 6.45) is 1.13. The minimum Gasteiger partial charge on any atom is -0.448 e. The van der Waals surface area contributed by atoms with Gasteiger partial charge in [0.25, 0.3) is 0 Å². The molecule has 7 nitrogen and oxygen atoms in total. The van der Waals surface area contributed by atoms with Crippen molar-refractivity contribution < 1.29 is 9.53 Å². The Morgan fingerprint density at radius 2 is 1.25 bits per heavy atom. The molecule has 1 fully saturated rings. The average Bonchev–Trinajstić information content (AvgIpc) is 3.35. The van der Waals surface area contributed by atoms with E-state index in [1.54, 1.807) is 4.90 Å². The van der Waals surface area contributed by atoms with E-state index in [4.69, 9.17) is 4.74 Å². The Kier molecular flexibility index (Phi) is 9.22. The lowest BCUT2D eigenvalue weighted by Gasteiger charge is -2.33. The summed E-state index contributed by atoms with van der Waals surface area (Å²) in [6, 6.07) is 38.9. The smallest absolute Gasteiger partial charge is 0.409 e. The van der Waals surface area contributed by atoms with Gasteiger partial charge in [-0.25, -0.2) is 9.59 Å². The van der Waals surface area contributed by atoms with E-state index in [-0.39, 0.29) is 23.9 Å². The molecule has 0 unspecified atom stereocenters. The molecular formula is C37H40N4O3. The number of amides is 1. The Hall–Kier alpha value is -4.62. The molecule has 1 atom stereocenters. The maximum atomic E-state index is 13.7. The van der Waals surface area contributed by atoms with Gasteiger partial charge in [0.05, 0.1) is 17.6 Å². The number of benzene rings is 4. The van der Waals surface area contributed by atoms with Crippen LogP contribution in [0.5, 0.6) is 0 Å². The van der Waals surface area contributed by atoms with Crippen molar-refractivity contribution in [1.29, 1.82) is 0 Å². The molecule has 1 amide bonds. The molecule has 6 rings (SSSR count). The molecular weight excluding hydrogens is 548 g/mol.